The van der Waals surface area contributed by atoms with Gasteiger partial charge in [0.1, 0.15) is 4.99 Å². The largest absolute Gasteiger partial charge is 0.389 e. The molecule has 0 heterocycles. The molecule has 0 aliphatic rings. The van der Waals surface area contributed by atoms with Crippen LogP contribution < -0.4 is 11.1 Å². The number of hydrogen-bond donors (Lipinski definition) is 2. The number of hydrogen-bond acceptors (Lipinski definition) is 2. The summed E-state index contributed by atoms with van der Waals surface area (Å²) in [5, 5.41) is 3.31. The van der Waals surface area contributed by atoms with Gasteiger partial charge >= 0.3 is 0 Å². The lowest BCUT2D eigenvalue weighted by Crippen LogP contribution is -2.17. The number of anilines is 1. The molecular weight excluding hydrogens is 304 g/mol. The molecule has 0 spiro atoms. The molecule has 108 valence electrons. The van der Waals surface area contributed by atoms with E-state index in [0.717, 1.165) is 11.1 Å². The van der Waals surface area contributed by atoms with Gasteiger partial charge in [-0.15, -0.1) is 0 Å². The SMILES string of the molecule is Cc1ccc(C(=O)Nc2cc(Cl)ccc2C(N)=S)cc1C. The van der Waals surface area contributed by atoms with E-state index in [4.69, 9.17) is 29.6 Å². The highest BCUT2D eigenvalue weighted by atomic mass is 35.5. The van der Waals surface area contributed by atoms with Gasteiger partial charge in [0.25, 0.3) is 5.91 Å². The lowest BCUT2D eigenvalue weighted by Gasteiger charge is -2.11. The highest BCUT2D eigenvalue weighted by Gasteiger charge is 2.12. The van der Waals surface area contributed by atoms with Gasteiger partial charge in [0.2, 0.25) is 0 Å². The number of aryl methyl sites for hydroxylation is 2. The van der Waals surface area contributed by atoms with Crippen LogP contribution in [0.5, 0.6) is 0 Å². The average Bonchev–Trinajstić information content (AvgIpc) is 2.41. The summed E-state index contributed by atoms with van der Waals surface area (Å²) in [5.41, 5.74) is 9.53. The van der Waals surface area contributed by atoms with E-state index in [1.807, 2.05) is 26.0 Å². The van der Waals surface area contributed by atoms with Crippen LogP contribution in [0.2, 0.25) is 5.02 Å². The van der Waals surface area contributed by atoms with Crippen molar-refractivity contribution in [3.05, 3.63) is 63.7 Å². The van der Waals surface area contributed by atoms with Crippen molar-refractivity contribution in [3.63, 3.8) is 0 Å². The first-order valence-electron chi connectivity index (χ1n) is 6.36. The van der Waals surface area contributed by atoms with Crippen molar-refractivity contribution in [1.29, 1.82) is 0 Å². The van der Waals surface area contributed by atoms with Gasteiger partial charge in [-0.3, -0.25) is 4.79 Å². The van der Waals surface area contributed by atoms with E-state index in [0.29, 0.717) is 21.8 Å². The van der Waals surface area contributed by atoms with Gasteiger partial charge in [0.15, 0.2) is 0 Å². The summed E-state index contributed by atoms with van der Waals surface area (Å²) >= 11 is 10.9. The van der Waals surface area contributed by atoms with Gasteiger partial charge in [-0.1, -0.05) is 29.9 Å². The molecule has 0 unspecified atom stereocenters. The lowest BCUT2D eigenvalue weighted by molar-refractivity contribution is 0.102. The first-order valence-corrected chi connectivity index (χ1v) is 7.15. The minimum Gasteiger partial charge on any atom is -0.389 e. The monoisotopic (exact) mass is 318 g/mol. The number of halogens is 1. The van der Waals surface area contributed by atoms with Crippen molar-refractivity contribution in [3.8, 4) is 0 Å². The van der Waals surface area contributed by atoms with E-state index in [-0.39, 0.29) is 10.9 Å². The van der Waals surface area contributed by atoms with Crippen LogP contribution in [-0.4, -0.2) is 10.9 Å². The van der Waals surface area contributed by atoms with Crippen molar-refractivity contribution in [2.45, 2.75) is 13.8 Å². The van der Waals surface area contributed by atoms with Crippen molar-refractivity contribution in [2.24, 2.45) is 5.73 Å². The second kappa shape index (κ2) is 6.24. The molecule has 0 atom stereocenters. The molecular formula is C16H15ClN2OS. The van der Waals surface area contributed by atoms with Crippen LogP contribution >= 0.6 is 23.8 Å². The normalized spacial score (nSPS) is 10.2. The zero-order valence-corrected chi connectivity index (χ0v) is 13.3. The van der Waals surface area contributed by atoms with Gasteiger partial charge in [-0.25, -0.2) is 0 Å². The highest BCUT2D eigenvalue weighted by molar-refractivity contribution is 7.80. The topological polar surface area (TPSA) is 55.1 Å². The number of nitrogens with two attached hydrogens (primary N) is 1. The van der Waals surface area contributed by atoms with Crippen LogP contribution in [0.3, 0.4) is 0 Å². The molecule has 0 radical (unpaired) electrons. The van der Waals surface area contributed by atoms with Crippen LogP contribution in [0.25, 0.3) is 0 Å². The minimum absolute atomic E-state index is 0.210. The summed E-state index contributed by atoms with van der Waals surface area (Å²) in [6, 6.07) is 10.5. The highest BCUT2D eigenvalue weighted by Crippen LogP contribution is 2.22. The van der Waals surface area contributed by atoms with E-state index in [9.17, 15) is 4.79 Å². The van der Waals surface area contributed by atoms with Crippen LogP contribution in [0, 0.1) is 13.8 Å². The number of rotatable bonds is 3. The predicted molar refractivity (Wildman–Crippen MR) is 91.2 cm³/mol. The Morgan fingerprint density at radius 2 is 1.86 bits per heavy atom. The Labute approximate surface area is 134 Å². The Bertz CT molecular complexity index is 728. The number of benzene rings is 2. The van der Waals surface area contributed by atoms with Crippen molar-refractivity contribution in [1.82, 2.24) is 0 Å². The molecule has 0 bridgehead atoms. The van der Waals surface area contributed by atoms with Crippen LogP contribution in [0.1, 0.15) is 27.0 Å². The molecule has 3 nitrogen and oxygen atoms in total. The predicted octanol–water partition coefficient (Wildman–Crippen LogP) is 3.84. The number of amides is 1. The van der Waals surface area contributed by atoms with Crippen molar-refractivity contribution < 1.29 is 4.79 Å². The summed E-state index contributed by atoms with van der Waals surface area (Å²) in [7, 11) is 0. The Kier molecular flexibility index (Phi) is 4.60. The summed E-state index contributed by atoms with van der Waals surface area (Å²) in [6.45, 7) is 3.96. The molecule has 0 fully saturated rings. The molecule has 2 aromatic carbocycles. The standard InChI is InChI=1S/C16H15ClN2OS/c1-9-3-4-11(7-10(9)2)16(20)19-14-8-12(17)5-6-13(14)15(18)21/h3-8H,1-2H3,(H2,18,21)(H,19,20). The third kappa shape index (κ3) is 3.60. The summed E-state index contributed by atoms with van der Waals surface area (Å²) in [4.78, 5) is 12.5. The number of nitrogens with one attached hydrogen (secondary N) is 1. The maximum Gasteiger partial charge on any atom is 0.255 e. The molecule has 0 saturated carbocycles. The van der Waals surface area contributed by atoms with E-state index < -0.39 is 0 Å². The number of thiocarbonyl (C=S) groups is 1. The fraction of sp³-hybridized carbons (Fsp3) is 0.125. The Morgan fingerprint density at radius 1 is 1.14 bits per heavy atom. The molecule has 5 heteroatoms. The quantitative estimate of drug-likeness (QED) is 0.845. The zero-order chi connectivity index (χ0) is 15.6. The van der Waals surface area contributed by atoms with E-state index in [2.05, 4.69) is 5.32 Å². The number of carbonyl (C=O) groups excluding carboxylic acids is 1. The third-order valence-corrected chi connectivity index (χ3v) is 3.72. The maximum atomic E-state index is 12.3. The van der Waals surface area contributed by atoms with E-state index in [1.54, 1.807) is 24.3 Å². The van der Waals surface area contributed by atoms with Gasteiger partial charge < -0.3 is 11.1 Å². The smallest absolute Gasteiger partial charge is 0.255 e. The Morgan fingerprint density at radius 3 is 2.48 bits per heavy atom. The van der Waals surface area contributed by atoms with Crippen molar-refractivity contribution in [2.75, 3.05) is 5.32 Å². The second-order valence-electron chi connectivity index (χ2n) is 4.81. The molecule has 0 aromatic heterocycles. The average molecular weight is 319 g/mol. The fourth-order valence-corrected chi connectivity index (χ4v) is 2.26. The zero-order valence-electron chi connectivity index (χ0n) is 11.7. The molecule has 2 aromatic rings. The van der Waals surface area contributed by atoms with Gasteiger partial charge in [-0.2, -0.15) is 0 Å². The Hall–Kier alpha value is -1.91. The van der Waals surface area contributed by atoms with Crippen LogP contribution in [0.15, 0.2) is 36.4 Å². The molecule has 3 N–H and O–H groups in total. The molecule has 2 rings (SSSR count). The fourth-order valence-electron chi connectivity index (χ4n) is 1.91. The first kappa shape index (κ1) is 15.5. The lowest BCUT2D eigenvalue weighted by atomic mass is 10.1. The summed E-state index contributed by atoms with van der Waals surface area (Å²) < 4.78 is 0. The van der Waals surface area contributed by atoms with Crippen LogP contribution in [0.4, 0.5) is 5.69 Å². The third-order valence-electron chi connectivity index (χ3n) is 3.26. The van der Waals surface area contributed by atoms with Gasteiger partial charge in [0, 0.05) is 16.1 Å². The van der Waals surface area contributed by atoms with Crippen molar-refractivity contribution >= 4 is 40.4 Å². The molecule has 1 amide bonds. The van der Waals surface area contributed by atoms with Gasteiger partial charge in [-0.05, 0) is 55.3 Å². The number of carbonyl (C=O) groups is 1. The molecule has 0 aliphatic carbocycles. The maximum absolute atomic E-state index is 12.3. The molecule has 0 aliphatic heterocycles. The van der Waals surface area contributed by atoms with E-state index >= 15 is 0 Å². The molecule has 21 heavy (non-hydrogen) atoms. The van der Waals surface area contributed by atoms with Crippen LogP contribution in [-0.2, 0) is 0 Å². The minimum atomic E-state index is -0.224. The van der Waals surface area contributed by atoms with E-state index in [1.165, 1.54) is 0 Å². The Balaban J connectivity index is 2.33. The molecule has 0 saturated heterocycles. The van der Waals surface area contributed by atoms with Gasteiger partial charge in [0.05, 0.1) is 5.69 Å². The first-order chi connectivity index (χ1) is 9.88. The summed E-state index contributed by atoms with van der Waals surface area (Å²) in [5.74, 6) is -0.224. The second-order valence-corrected chi connectivity index (χ2v) is 5.68. The summed E-state index contributed by atoms with van der Waals surface area (Å²) in [6.07, 6.45) is 0.